The van der Waals surface area contributed by atoms with Gasteiger partial charge in [-0.3, -0.25) is 14.2 Å². The molecule has 1 aromatic carbocycles. The third-order valence-corrected chi connectivity index (χ3v) is 4.60. The zero-order valence-corrected chi connectivity index (χ0v) is 11.4. The molecule has 102 valence electrons. The first kappa shape index (κ1) is 11.7. The maximum atomic E-state index is 12.3. The predicted molar refractivity (Wildman–Crippen MR) is 75.6 cm³/mol. The van der Waals surface area contributed by atoms with Gasteiger partial charge < -0.3 is 4.90 Å². The number of carbonyl (C=O) groups is 2. The van der Waals surface area contributed by atoms with Gasteiger partial charge in [-0.15, -0.1) is 0 Å². The number of aromatic nitrogens is 1. The summed E-state index contributed by atoms with van der Waals surface area (Å²) < 4.78 is 1.86. The van der Waals surface area contributed by atoms with Crippen LogP contribution in [0.15, 0.2) is 24.3 Å². The lowest BCUT2D eigenvalue weighted by molar-refractivity contribution is -0.132. The molecular weight excluding hydrogens is 252 g/mol. The van der Waals surface area contributed by atoms with Crippen LogP contribution in [0.2, 0.25) is 0 Å². The zero-order chi connectivity index (χ0) is 13.9. The van der Waals surface area contributed by atoms with Crippen molar-refractivity contribution < 1.29 is 9.59 Å². The van der Waals surface area contributed by atoms with Crippen LogP contribution < -0.4 is 0 Å². The molecule has 0 unspecified atom stereocenters. The third-order valence-electron chi connectivity index (χ3n) is 4.60. The van der Waals surface area contributed by atoms with Gasteiger partial charge in [0.2, 0.25) is 11.8 Å². The van der Waals surface area contributed by atoms with Gasteiger partial charge >= 0.3 is 0 Å². The Morgan fingerprint density at radius 3 is 2.85 bits per heavy atom. The monoisotopic (exact) mass is 268 g/mol. The summed E-state index contributed by atoms with van der Waals surface area (Å²) in [7, 11) is 0. The van der Waals surface area contributed by atoms with Crippen LogP contribution in [-0.4, -0.2) is 27.8 Å². The van der Waals surface area contributed by atoms with Gasteiger partial charge in [-0.1, -0.05) is 18.2 Å². The Morgan fingerprint density at radius 2 is 2.05 bits per heavy atom. The minimum Gasteiger partial charge on any atom is -0.334 e. The van der Waals surface area contributed by atoms with Crippen molar-refractivity contribution in [2.24, 2.45) is 0 Å². The summed E-state index contributed by atoms with van der Waals surface area (Å²) in [4.78, 5) is 26.1. The molecule has 2 aromatic rings. The van der Waals surface area contributed by atoms with E-state index < -0.39 is 0 Å². The van der Waals surface area contributed by atoms with E-state index in [1.165, 1.54) is 10.9 Å². The van der Waals surface area contributed by atoms with E-state index in [-0.39, 0.29) is 17.9 Å². The molecule has 1 aromatic heterocycles. The molecule has 0 fully saturated rings. The Kier molecular flexibility index (Phi) is 2.31. The van der Waals surface area contributed by atoms with Gasteiger partial charge in [-0.25, -0.2) is 0 Å². The highest BCUT2D eigenvalue weighted by molar-refractivity contribution is 5.97. The number of para-hydroxylation sites is 1. The molecule has 0 spiro atoms. The fourth-order valence-corrected chi connectivity index (χ4v) is 3.79. The van der Waals surface area contributed by atoms with Crippen LogP contribution in [0.5, 0.6) is 0 Å². The molecule has 3 heterocycles. The van der Waals surface area contributed by atoms with E-state index >= 15 is 0 Å². The van der Waals surface area contributed by atoms with E-state index in [9.17, 15) is 9.59 Å². The van der Waals surface area contributed by atoms with Crippen LogP contribution in [0.3, 0.4) is 0 Å². The highest BCUT2D eigenvalue weighted by Crippen LogP contribution is 2.42. The Hall–Kier alpha value is -2.10. The Bertz CT molecular complexity index is 744. The van der Waals surface area contributed by atoms with Crippen LogP contribution in [0, 0.1) is 0 Å². The molecule has 20 heavy (non-hydrogen) atoms. The van der Waals surface area contributed by atoms with Crippen molar-refractivity contribution in [1.29, 1.82) is 0 Å². The van der Waals surface area contributed by atoms with Crippen molar-refractivity contribution in [2.45, 2.75) is 32.2 Å². The second kappa shape index (κ2) is 3.95. The number of benzene rings is 1. The molecule has 0 radical (unpaired) electrons. The lowest BCUT2D eigenvalue weighted by Gasteiger charge is -2.38. The van der Waals surface area contributed by atoms with E-state index in [1.54, 1.807) is 6.92 Å². The highest BCUT2D eigenvalue weighted by atomic mass is 16.2. The first-order chi connectivity index (χ1) is 9.68. The minimum atomic E-state index is 0.0707. The summed E-state index contributed by atoms with van der Waals surface area (Å²) in [6.45, 7) is 2.38. The van der Waals surface area contributed by atoms with Crippen LogP contribution in [0.4, 0.5) is 0 Å². The van der Waals surface area contributed by atoms with Gasteiger partial charge in [0.25, 0.3) is 0 Å². The van der Waals surface area contributed by atoms with Gasteiger partial charge in [-0.05, 0) is 24.5 Å². The summed E-state index contributed by atoms with van der Waals surface area (Å²) in [5.41, 5.74) is 3.32. The molecule has 1 atom stereocenters. The maximum absolute atomic E-state index is 12.3. The topological polar surface area (TPSA) is 42.3 Å². The number of fused-ring (bicyclic) bond motifs is 3. The Balaban J connectivity index is 2.05. The molecule has 2 aliphatic rings. The van der Waals surface area contributed by atoms with Crippen molar-refractivity contribution in [2.75, 3.05) is 6.54 Å². The Labute approximate surface area is 117 Å². The van der Waals surface area contributed by atoms with Crippen molar-refractivity contribution in [3.05, 3.63) is 35.5 Å². The first-order valence-electron chi connectivity index (χ1n) is 7.11. The number of nitrogens with zero attached hydrogens (tertiary/aromatic N) is 2. The van der Waals surface area contributed by atoms with E-state index in [1.807, 2.05) is 27.7 Å². The summed E-state index contributed by atoms with van der Waals surface area (Å²) >= 11 is 0. The van der Waals surface area contributed by atoms with Crippen LogP contribution in [0.1, 0.15) is 41.9 Å². The Morgan fingerprint density at radius 1 is 1.25 bits per heavy atom. The summed E-state index contributed by atoms with van der Waals surface area (Å²) in [6, 6.07) is 8.15. The van der Waals surface area contributed by atoms with Gasteiger partial charge in [0.1, 0.15) is 0 Å². The average molecular weight is 268 g/mol. The average Bonchev–Trinajstić information content (AvgIpc) is 2.79. The van der Waals surface area contributed by atoms with Gasteiger partial charge in [0.05, 0.1) is 17.3 Å². The molecular formula is C16H16N2O2. The second-order valence-corrected chi connectivity index (χ2v) is 5.63. The van der Waals surface area contributed by atoms with E-state index in [2.05, 4.69) is 6.07 Å². The molecule has 2 aliphatic heterocycles. The standard InChI is InChI=1S/C16H16N2O2/c1-10(19)17-9-8-12-11-4-2-3-5-13(11)18-15(20)7-6-14(17)16(12)18/h2-5,14H,6-9H2,1H3/t14-/m0/s1. The molecule has 4 nitrogen and oxygen atoms in total. The van der Waals surface area contributed by atoms with E-state index in [0.717, 1.165) is 30.6 Å². The minimum absolute atomic E-state index is 0.0707. The lowest BCUT2D eigenvalue weighted by atomic mass is 9.92. The van der Waals surface area contributed by atoms with Crippen LogP contribution in [-0.2, 0) is 11.2 Å². The maximum Gasteiger partial charge on any atom is 0.231 e. The zero-order valence-electron chi connectivity index (χ0n) is 11.4. The highest BCUT2D eigenvalue weighted by Gasteiger charge is 2.38. The molecule has 0 N–H and O–H groups in total. The number of amides is 1. The summed E-state index contributed by atoms with van der Waals surface area (Å²) in [6.07, 6.45) is 2.10. The largest absolute Gasteiger partial charge is 0.334 e. The first-order valence-corrected chi connectivity index (χ1v) is 7.11. The molecule has 4 rings (SSSR count). The molecule has 0 aliphatic carbocycles. The quantitative estimate of drug-likeness (QED) is 0.736. The number of rotatable bonds is 0. The molecule has 0 bridgehead atoms. The van der Waals surface area contributed by atoms with E-state index in [0.29, 0.717) is 6.42 Å². The van der Waals surface area contributed by atoms with Crippen LogP contribution in [0.25, 0.3) is 10.9 Å². The van der Waals surface area contributed by atoms with Crippen molar-refractivity contribution in [1.82, 2.24) is 9.47 Å². The fourth-order valence-electron chi connectivity index (χ4n) is 3.79. The SMILES string of the molecule is CC(=O)N1CCc2c3n(c4ccccc24)C(=O)CC[C@@H]31. The van der Waals surface area contributed by atoms with Crippen molar-refractivity contribution in [3.8, 4) is 0 Å². The molecule has 4 heteroatoms. The van der Waals surface area contributed by atoms with Crippen LogP contribution >= 0.6 is 0 Å². The predicted octanol–water partition coefficient (Wildman–Crippen LogP) is 2.52. The number of hydrogen-bond donors (Lipinski definition) is 0. The van der Waals surface area contributed by atoms with Gasteiger partial charge in [0, 0.05) is 25.3 Å². The third kappa shape index (κ3) is 1.36. The number of carbonyl (C=O) groups excluding carboxylic acids is 2. The summed E-state index contributed by atoms with van der Waals surface area (Å²) in [5.74, 6) is 0.260. The van der Waals surface area contributed by atoms with Crippen molar-refractivity contribution in [3.63, 3.8) is 0 Å². The van der Waals surface area contributed by atoms with Crippen molar-refractivity contribution >= 4 is 22.7 Å². The molecule has 0 saturated carbocycles. The number of hydrogen-bond acceptors (Lipinski definition) is 2. The fraction of sp³-hybridized carbons (Fsp3) is 0.375. The van der Waals surface area contributed by atoms with E-state index in [4.69, 9.17) is 0 Å². The van der Waals surface area contributed by atoms with Gasteiger partial charge in [-0.2, -0.15) is 0 Å². The second-order valence-electron chi connectivity index (χ2n) is 5.63. The summed E-state index contributed by atoms with van der Waals surface area (Å²) in [5, 5.41) is 1.17. The smallest absolute Gasteiger partial charge is 0.231 e. The normalized spacial score (nSPS) is 21.1. The molecule has 0 saturated heterocycles. The van der Waals surface area contributed by atoms with Gasteiger partial charge in [0.15, 0.2) is 0 Å². The lowest BCUT2D eigenvalue weighted by Crippen LogP contribution is -2.42. The molecule has 1 amide bonds.